The summed E-state index contributed by atoms with van der Waals surface area (Å²) in [5.74, 6) is -20.5. The first-order chi connectivity index (χ1) is 34.8. The predicted octanol–water partition coefficient (Wildman–Crippen LogP) is -5.44. The van der Waals surface area contributed by atoms with Crippen LogP contribution in [0.5, 0.6) is 0 Å². The average Bonchev–Trinajstić information content (AvgIpc) is 3.81. The van der Waals surface area contributed by atoms with Crippen LogP contribution in [-0.4, -0.2) is 186 Å². The van der Waals surface area contributed by atoms with Gasteiger partial charge in [-0.25, -0.2) is 4.79 Å². The molecule has 0 spiro atoms. The second kappa shape index (κ2) is 30.9. The smallest absolute Gasteiger partial charge is 0.326 e. The summed E-state index contributed by atoms with van der Waals surface area (Å²) < 4.78 is 0. The maximum absolute atomic E-state index is 13.8. The van der Waals surface area contributed by atoms with Crippen LogP contribution >= 0.6 is 0 Å². The van der Waals surface area contributed by atoms with Gasteiger partial charge in [0.15, 0.2) is 0 Å². The number of carboxylic acids is 5. The van der Waals surface area contributed by atoms with E-state index in [1.165, 1.54) is 20.8 Å². The monoisotopic (exact) mass is 1070 g/mol. The van der Waals surface area contributed by atoms with E-state index in [0.717, 1.165) is 11.8 Å². The van der Waals surface area contributed by atoms with Gasteiger partial charge in [0.2, 0.25) is 59.1 Å². The van der Waals surface area contributed by atoms with E-state index in [2.05, 4.69) is 31.9 Å². The number of aliphatic carboxylic acids is 5. The van der Waals surface area contributed by atoms with Crippen molar-refractivity contribution in [3.63, 3.8) is 0 Å². The van der Waals surface area contributed by atoms with Crippen LogP contribution in [0.4, 0.5) is 0 Å². The van der Waals surface area contributed by atoms with Gasteiger partial charge in [-0.15, -0.1) is 0 Å². The number of carbonyl (C=O) groups excluding carboxylic acids is 10. The third kappa shape index (κ3) is 22.3. The van der Waals surface area contributed by atoms with Gasteiger partial charge in [-0.1, -0.05) is 34.1 Å². The summed E-state index contributed by atoms with van der Waals surface area (Å²) >= 11 is 0. The molecule has 0 saturated carbocycles. The van der Waals surface area contributed by atoms with Crippen molar-refractivity contribution in [3.8, 4) is 0 Å². The van der Waals surface area contributed by atoms with Gasteiger partial charge >= 0.3 is 29.8 Å². The van der Waals surface area contributed by atoms with Gasteiger partial charge < -0.3 is 84.4 Å². The van der Waals surface area contributed by atoms with Crippen molar-refractivity contribution in [2.24, 2.45) is 23.3 Å². The molecule has 0 aromatic heterocycles. The number of amides is 10. The van der Waals surface area contributed by atoms with E-state index in [1.54, 1.807) is 13.8 Å². The molecule has 0 aliphatic carbocycles. The summed E-state index contributed by atoms with van der Waals surface area (Å²) in [5.41, 5.74) is 10.9. The number of carboxylic acid groups (broad SMARTS) is 5. The zero-order chi connectivity index (χ0) is 57.6. The summed E-state index contributed by atoms with van der Waals surface area (Å²) in [4.78, 5) is 192. The van der Waals surface area contributed by atoms with Crippen molar-refractivity contribution in [2.45, 2.75) is 166 Å². The number of likely N-dealkylation sites (tertiary alicyclic amines) is 1. The average molecular weight is 1070 g/mol. The molecule has 0 aromatic carbocycles. The molecule has 11 unspecified atom stereocenters. The molecule has 75 heavy (non-hydrogen) atoms. The summed E-state index contributed by atoms with van der Waals surface area (Å²) in [6.45, 7) is 8.66. The van der Waals surface area contributed by atoms with Crippen LogP contribution in [0, 0.1) is 11.8 Å². The Kier molecular flexibility index (Phi) is 26.8. The lowest BCUT2D eigenvalue weighted by Crippen LogP contribution is -2.61. The zero-order valence-corrected chi connectivity index (χ0v) is 42.2. The second-order valence-electron chi connectivity index (χ2n) is 18.2. The standard InChI is InChI=1S/C44H69N11O20/c1-7-19(4)34(43(73)55-14-8-9-27(55)44(74)75)54-38(68)22(10-12-28(46)56)49-37(67)23(11-13-29(57)58)48-36(66)21(6)47-39(69)24(15-30(59)60)50-40(70)25(16-31(61)62)51-41(71)26(17-32(63)64)52-42(72)33(18(2)3)53-35(65)20(5)45/h18-27,33-34H,7-17,45H2,1-6H3,(H2,46,56)(H,47,69)(H,48,66)(H,49,67)(H,50,70)(H,51,71)(H,52,72)(H,53,65)(H,54,68)(H,57,58)(H,59,60)(H,61,62)(H,63,64)(H,74,75). The fourth-order valence-corrected chi connectivity index (χ4v) is 7.22. The highest BCUT2D eigenvalue weighted by Crippen LogP contribution is 2.22. The van der Waals surface area contributed by atoms with Crippen LogP contribution in [0.3, 0.4) is 0 Å². The van der Waals surface area contributed by atoms with E-state index in [1.807, 2.05) is 10.6 Å². The zero-order valence-electron chi connectivity index (χ0n) is 42.2. The molecule has 1 rings (SSSR count). The van der Waals surface area contributed by atoms with Crippen molar-refractivity contribution < 1.29 is 97.5 Å². The summed E-state index contributed by atoms with van der Waals surface area (Å²) in [5, 5.41) is 65.1. The molecule has 1 fully saturated rings. The fourth-order valence-electron chi connectivity index (χ4n) is 7.22. The third-order valence-electron chi connectivity index (χ3n) is 11.6. The van der Waals surface area contributed by atoms with Crippen molar-refractivity contribution in [1.29, 1.82) is 0 Å². The Bertz CT molecular complexity index is 2170. The van der Waals surface area contributed by atoms with Crippen LogP contribution in [0.1, 0.15) is 106 Å². The van der Waals surface area contributed by atoms with E-state index < -0.39 is 206 Å². The Labute approximate surface area is 429 Å². The van der Waals surface area contributed by atoms with E-state index in [4.69, 9.17) is 11.5 Å². The van der Waals surface area contributed by atoms with Crippen LogP contribution in [-0.2, 0) is 71.9 Å². The molecule has 17 N–H and O–H groups in total. The Balaban J connectivity index is 3.40. The molecular weight excluding hydrogens is 1000 g/mol. The predicted molar refractivity (Wildman–Crippen MR) is 253 cm³/mol. The SMILES string of the molecule is CCC(C)C(NC(=O)C(CCC(N)=O)NC(=O)C(CCC(=O)O)NC(=O)C(C)NC(=O)C(CC(=O)O)NC(=O)C(CC(=O)O)NC(=O)C(CC(=O)O)NC(=O)C(NC(=O)C(C)N)C(C)C)C(=O)N1CCCC1C(=O)O. The van der Waals surface area contributed by atoms with Gasteiger partial charge in [-0.05, 0) is 51.4 Å². The minimum atomic E-state index is -2.19. The van der Waals surface area contributed by atoms with Gasteiger partial charge in [-0.2, -0.15) is 0 Å². The molecule has 31 heteroatoms. The number of nitrogens with one attached hydrogen (secondary N) is 8. The minimum absolute atomic E-state index is 0.0772. The van der Waals surface area contributed by atoms with E-state index in [-0.39, 0.29) is 13.0 Å². The maximum atomic E-state index is 13.8. The lowest BCUT2D eigenvalue weighted by Gasteiger charge is -2.32. The van der Waals surface area contributed by atoms with Gasteiger partial charge in [0.1, 0.15) is 54.4 Å². The molecule has 31 nitrogen and oxygen atoms in total. The molecule has 0 bridgehead atoms. The fraction of sp³-hybridized carbons (Fsp3) is 0.659. The highest BCUT2D eigenvalue weighted by Gasteiger charge is 2.41. The van der Waals surface area contributed by atoms with Crippen LogP contribution < -0.4 is 54.0 Å². The van der Waals surface area contributed by atoms with Crippen molar-refractivity contribution in [1.82, 2.24) is 47.4 Å². The first kappa shape index (κ1) is 65.0. The van der Waals surface area contributed by atoms with Crippen molar-refractivity contribution in [3.05, 3.63) is 0 Å². The van der Waals surface area contributed by atoms with Crippen molar-refractivity contribution in [2.75, 3.05) is 6.54 Å². The van der Waals surface area contributed by atoms with E-state index in [9.17, 15) is 97.5 Å². The first-order valence-corrected chi connectivity index (χ1v) is 23.7. The maximum Gasteiger partial charge on any atom is 0.326 e. The molecular formula is C44H69N11O20. The number of carbonyl (C=O) groups is 15. The summed E-state index contributed by atoms with van der Waals surface area (Å²) in [6.07, 6.45) is -5.26. The molecule has 0 aromatic rings. The largest absolute Gasteiger partial charge is 0.481 e. The summed E-state index contributed by atoms with van der Waals surface area (Å²) in [7, 11) is 0. The molecule has 1 saturated heterocycles. The Morgan fingerprint density at radius 1 is 0.507 bits per heavy atom. The van der Waals surface area contributed by atoms with Gasteiger partial charge in [0, 0.05) is 19.4 Å². The van der Waals surface area contributed by atoms with E-state index >= 15 is 0 Å². The normalized spacial score (nSPS) is 17.0. The molecule has 11 atom stereocenters. The van der Waals surface area contributed by atoms with Crippen LogP contribution in [0.15, 0.2) is 0 Å². The number of primary amides is 1. The second-order valence-corrected chi connectivity index (χ2v) is 18.2. The number of nitrogens with two attached hydrogens (primary N) is 2. The third-order valence-corrected chi connectivity index (χ3v) is 11.6. The van der Waals surface area contributed by atoms with Gasteiger partial charge in [-0.3, -0.25) is 67.1 Å². The lowest BCUT2D eigenvalue weighted by atomic mass is 9.96. The van der Waals surface area contributed by atoms with Crippen molar-refractivity contribution >= 4 is 88.9 Å². The molecule has 1 heterocycles. The van der Waals surface area contributed by atoms with Crippen LogP contribution in [0.2, 0.25) is 0 Å². The Morgan fingerprint density at radius 2 is 0.907 bits per heavy atom. The van der Waals surface area contributed by atoms with Crippen LogP contribution in [0.25, 0.3) is 0 Å². The topological polar surface area (TPSA) is 509 Å². The number of hydrogen-bond donors (Lipinski definition) is 15. The van der Waals surface area contributed by atoms with Gasteiger partial charge in [0.25, 0.3) is 0 Å². The quantitative estimate of drug-likeness (QED) is 0.0292. The van der Waals surface area contributed by atoms with E-state index in [0.29, 0.717) is 12.8 Å². The highest BCUT2D eigenvalue weighted by molar-refractivity contribution is 6.00. The minimum Gasteiger partial charge on any atom is -0.481 e. The molecule has 1 aliphatic rings. The number of rotatable bonds is 33. The molecule has 0 radical (unpaired) electrons. The summed E-state index contributed by atoms with van der Waals surface area (Å²) in [6, 6.07) is -16.6. The number of nitrogens with zero attached hydrogens (tertiary/aromatic N) is 1. The lowest BCUT2D eigenvalue weighted by molar-refractivity contribution is -0.150. The first-order valence-electron chi connectivity index (χ1n) is 23.7. The molecule has 10 amide bonds. The number of hydrogen-bond acceptors (Lipinski definition) is 16. The Hall–Kier alpha value is -7.99. The molecule has 420 valence electrons. The van der Waals surface area contributed by atoms with Gasteiger partial charge in [0.05, 0.1) is 25.3 Å². The Morgan fingerprint density at radius 3 is 1.32 bits per heavy atom. The highest BCUT2D eigenvalue weighted by atomic mass is 16.4. The molecule has 1 aliphatic heterocycles.